The van der Waals surface area contributed by atoms with Gasteiger partial charge in [0.05, 0.1) is 6.26 Å². The fourth-order valence-corrected chi connectivity index (χ4v) is 2.95. The Morgan fingerprint density at radius 3 is 2.54 bits per heavy atom. The van der Waals surface area contributed by atoms with E-state index in [1.807, 2.05) is 38.1 Å². The highest BCUT2D eigenvalue weighted by molar-refractivity contribution is 5.96. The molecule has 0 fully saturated rings. The summed E-state index contributed by atoms with van der Waals surface area (Å²) in [5.74, 6) is -0.254. The summed E-state index contributed by atoms with van der Waals surface area (Å²) in [5.41, 5.74) is 7.56. The zero-order valence-electron chi connectivity index (χ0n) is 14.9. The van der Waals surface area contributed by atoms with Crippen molar-refractivity contribution in [1.29, 1.82) is 0 Å². The van der Waals surface area contributed by atoms with Crippen LogP contribution >= 0.6 is 12.4 Å². The first-order chi connectivity index (χ1) is 11.8. The van der Waals surface area contributed by atoms with Gasteiger partial charge in [-0.15, -0.1) is 12.4 Å². The maximum Gasteiger partial charge on any atom is 0.290 e. The van der Waals surface area contributed by atoms with Crippen molar-refractivity contribution in [3.8, 4) is 0 Å². The van der Waals surface area contributed by atoms with E-state index in [2.05, 4.69) is 5.32 Å². The molecule has 6 nitrogen and oxygen atoms in total. The molecule has 1 aromatic heterocycles. The van der Waals surface area contributed by atoms with Gasteiger partial charge in [-0.3, -0.25) is 9.59 Å². The Kier molecular flexibility index (Phi) is 6.10. The number of amides is 2. The van der Waals surface area contributed by atoms with Gasteiger partial charge in [-0.1, -0.05) is 24.3 Å². The molecule has 1 aliphatic rings. The summed E-state index contributed by atoms with van der Waals surface area (Å²) >= 11 is 0. The van der Waals surface area contributed by atoms with E-state index in [1.54, 1.807) is 17.0 Å². The summed E-state index contributed by atoms with van der Waals surface area (Å²) < 4.78 is 5.24. The van der Waals surface area contributed by atoms with E-state index in [-0.39, 0.29) is 30.0 Å². The van der Waals surface area contributed by atoms with Crippen molar-refractivity contribution in [1.82, 2.24) is 10.2 Å². The average Bonchev–Trinajstić information content (AvgIpc) is 3.11. The maximum absolute atomic E-state index is 12.8. The van der Waals surface area contributed by atoms with Gasteiger partial charge in [0.25, 0.3) is 5.91 Å². The molecule has 2 aromatic rings. The van der Waals surface area contributed by atoms with Gasteiger partial charge in [0.1, 0.15) is 6.04 Å². The maximum atomic E-state index is 12.8. The number of halogens is 1. The van der Waals surface area contributed by atoms with Crippen LogP contribution in [0.2, 0.25) is 0 Å². The molecule has 3 N–H and O–H groups in total. The molecular formula is C19H24ClN3O3. The number of nitrogens with one attached hydrogen (secondary N) is 1. The second-order valence-electron chi connectivity index (χ2n) is 7.11. The second-order valence-corrected chi connectivity index (χ2v) is 7.11. The van der Waals surface area contributed by atoms with Crippen molar-refractivity contribution in [3.05, 3.63) is 59.5 Å². The van der Waals surface area contributed by atoms with Crippen LogP contribution in [0.5, 0.6) is 0 Å². The third kappa shape index (κ3) is 4.45. The van der Waals surface area contributed by atoms with Gasteiger partial charge in [-0.25, -0.2) is 0 Å². The number of carbonyl (C=O) groups excluding carboxylic acids is 2. The topological polar surface area (TPSA) is 88.6 Å². The van der Waals surface area contributed by atoms with Crippen LogP contribution in [0.4, 0.5) is 0 Å². The minimum atomic E-state index is -0.588. The van der Waals surface area contributed by atoms with Crippen molar-refractivity contribution in [2.45, 2.75) is 38.4 Å². The molecule has 140 valence electrons. The van der Waals surface area contributed by atoms with Gasteiger partial charge in [0, 0.05) is 25.0 Å². The minimum absolute atomic E-state index is 0. The summed E-state index contributed by atoms with van der Waals surface area (Å²) in [4.78, 5) is 27.1. The van der Waals surface area contributed by atoms with Gasteiger partial charge in [0.15, 0.2) is 5.76 Å². The molecule has 1 aliphatic heterocycles. The fraction of sp³-hybridized carbons (Fsp3) is 0.368. The number of furan rings is 1. The predicted octanol–water partition coefficient (Wildman–Crippen LogP) is 2.12. The van der Waals surface area contributed by atoms with Crippen LogP contribution in [0.15, 0.2) is 47.1 Å². The lowest BCUT2D eigenvalue weighted by Crippen LogP contribution is -2.55. The number of nitrogens with two attached hydrogens (primary N) is 1. The first kappa shape index (κ1) is 20.0. The molecule has 0 aliphatic carbocycles. The number of hydrogen-bond acceptors (Lipinski definition) is 4. The van der Waals surface area contributed by atoms with Crippen molar-refractivity contribution in [3.63, 3.8) is 0 Å². The Morgan fingerprint density at radius 1 is 1.23 bits per heavy atom. The SMILES string of the molecule is CC(C)(N)CNC(=O)C1Cc2ccccc2CN1C(=O)c1ccco1.Cl. The average molecular weight is 378 g/mol. The minimum Gasteiger partial charge on any atom is -0.459 e. The zero-order valence-corrected chi connectivity index (χ0v) is 15.7. The van der Waals surface area contributed by atoms with Crippen molar-refractivity contribution in [2.24, 2.45) is 5.73 Å². The largest absolute Gasteiger partial charge is 0.459 e. The van der Waals surface area contributed by atoms with Crippen LogP contribution in [0.1, 0.15) is 35.5 Å². The smallest absolute Gasteiger partial charge is 0.290 e. The predicted molar refractivity (Wildman–Crippen MR) is 101 cm³/mol. The molecule has 0 saturated carbocycles. The number of carbonyl (C=O) groups is 2. The molecular weight excluding hydrogens is 354 g/mol. The van der Waals surface area contributed by atoms with Crippen LogP contribution in [-0.2, 0) is 17.8 Å². The highest BCUT2D eigenvalue weighted by Gasteiger charge is 2.36. The third-order valence-electron chi connectivity index (χ3n) is 4.26. The third-order valence-corrected chi connectivity index (χ3v) is 4.26. The highest BCUT2D eigenvalue weighted by Crippen LogP contribution is 2.25. The molecule has 0 spiro atoms. The Hall–Kier alpha value is -2.31. The fourth-order valence-electron chi connectivity index (χ4n) is 2.95. The summed E-state index contributed by atoms with van der Waals surface area (Å²) in [6.45, 7) is 4.40. The molecule has 0 saturated heterocycles. The molecule has 2 amide bonds. The van der Waals surface area contributed by atoms with Gasteiger partial charge >= 0.3 is 0 Å². The molecule has 7 heteroatoms. The van der Waals surface area contributed by atoms with Gasteiger partial charge in [0.2, 0.25) is 5.91 Å². The Bertz CT molecular complexity index is 769. The lowest BCUT2D eigenvalue weighted by Gasteiger charge is -2.36. The number of nitrogens with zero attached hydrogens (tertiary/aromatic N) is 1. The van der Waals surface area contributed by atoms with Crippen LogP contribution in [0.25, 0.3) is 0 Å². The summed E-state index contributed by atoms with van der Waals surface area (Å²) in [6.07, 6.45) is 1.93. The number of rotatable bonds is 4. The summed E-state index contributed by atoms with van der Waals surface area (Å²) in [5, 5.41) is 2.86. The molecule has 3 rings (SSSR count). The molecule has 1 aromatic carbocycles. The van der Waals surface area contributed by atoms with E-state index in [4.69, 9.17) is 10.2 Å². The monoisotopic (exact) mass is 377 g/mol. The zero-order chi connectivity index (χ0) is 18.0. The van der Waals surface area contributed by atoms with Gasteiger partial charge in [-0.05, 0) is 37.1 Å². The normalized spacial score (nSPS) is 16.4. The van der Waals surface area contributed by atoms with E-state index >= 15 is 0 Å². The van der Waals surface area contributed by atoms with Gasteiger partial charge < -0.3 is 20.4 Å². The van der Waals surface area contributed by atoms with E-state index in [9.17, 15) is 9.59 Å². The summed E-state index contributed by atoms with van der Waals surface area (Å²) in [6, 6.07) is 10.5. The first-order valence-electron chi connectivity index (χ1n) is 8.33. The highest BCUT2D eigenvalue weighted by atomic mass is 35.5. The summed E-state index contributed by atoms with van der Waals surface area (Å²) in [7, 11) is 0. The Labute approximate surface area is 159 Å². The van der Waals surface area contributed by atoms with E-state index in [0.29, 0.717) is 19.5 Å². The molecule has 2 heterocycles. The molecule has 1 unspecified atom stereocenters. The van der Waals surface area contributed by atoms with Crippen LogP contribution in [-0.4, -0.2) is 34.8 Å². The van der Waals surface area contributed by atoms with Gasteiger partial charge in [-0.2, -0.15) is 0 Å². The van der Waals surface area contributed by atoms with E-state index < -0.39 is 11.6 Å². The molecule has 0 bridgehead atoms. The molecule has 1 atom stereocenters. The number of benzene rings is 1. The van der Waals surface area contributed by atoms with Crippen molar-refractivity contribution in [2.75, 3.05) is 6.54 Å². The number of fused-ring (bicyclic) bond motifs is 1. The first-order valence-corrected chi connectivity index (χ1v) is 8.33. The molecule has 0 radical (unpaired) electrons. The van der Waals surface area contributed by atoms with E-state index in [0.717, 1.165) is 11.1 Å². The Morgan fingerprint density at radius 2 is 1.92 bits per heavy atom. The lowest BCUT2D eigenvalue weighted by atomic mass is 9.93. The van der Waals surface area contributed by atoms with Crippen molar-refractivity contribution >= 4 is 24.2 Å². The van der Waals surface area contributed by atoms with Crippen molar-refractivity contribution < 1.29 is 14.0 Å². The second kappa shape index (κ2) is 7.93. The van der Waals surface area contributed by atoms with Crippen LogP contribution in [0, 0.1) is 0 Å². The quantitative estimate of drug-likeness (QED) is 0.854. The van der Waals surface area contributed by atoms with Crippen LogP contribution in [0.3, 0.4) is 0 Å². The Balaban J connectivity index is 0.00000243. The number of hydrogen-bond donors (Lipinski definition) is 2. The van der Waals surface area contributed by atoms with Crippen LogP contribution < -0.4 is 11.1 Å². The standard InChI is InChI=1S/C19H23N3O3.ClH/c1-19(2,20)12-21-17(23)15-10-13-6-3-4-7-14(13)11-22(15)18(24)16-8-5-9-25-16;/h3-9,15H,10-12,20H2,1-2H3,(H,21,23);1H. The lowest BCUT2D eigenvalue weighted by molar-refractivity contribution is -0.126. The van der Waals surface area contributed by atoms with E-state index in [1.165, 1.54) is 6.26 Å². The molecule has 26 heavy (non-hydrogen) atoms.